The first-order valence-electron chi connectivity index (χ1n) is 4.47. The second-order valence-corrected chi connectivity index (χ2v) is 4.04. The highest BCUT2D eigenvalue weighted by atomic mass is 16.5. The number of hydrogen-bond donors (Lipinski definition) is 1. The smallest absolute Gasteiger partial charge is 0.282 e. The number of hydrogen-bond acceptors (Lipinski definition) is 3. The molecular formula is C9H18N2O. The van der Waals surface area contributed by atoms with Crippen LogP contribution >= 0.6 is 0 Å². The van der Waals surface area contributed by atoms with E-state index in [9.17, 15) is 0 Å². The highest BCUT2D eigenvalue weighted by molar-refractivity contribution is 5.73. The lowest BCUT2D eigenvalue weighted by molar-refractivity contribution is 0.158. The second kappa shape index (κ2) is 2.96. The third-order valence-electron chi connectivity index (χ3n) is 2.77. The molecule has 0 unspecified atom stereocenters. The molecule has 0 saturated heterocycles. The summed E-state index contributed by atoms with van der Waals surface area (Å²) in [6.45, 7) is 9.27. The van der Waals surface area contributed by atoms with Crippen molar-refractivity contribution in [3.05, 3.63) is 0 Å². The van der Waals surface area contributed by atoms with Gasteiger partial charge < -0.3 is 10.5 Å². The molecule has 3 nitrogen and oxygen atoms in total. The lowest BCUT2D eigenvalue weighted by Gasteiger charge is -2.32. The Kier molecular flexibility index (Phi) is 2.31. The summed E-state index contributed by atoms with van der Waals surface area (Å²) >= 11 is 0. The first-order valence-corrected chi connectivity index (χ1v) is 4.47. The summed E-state index contributed by atoms with van der Waals surface area (Å²) in [7, 11) is 0. The maximum Gasteiger partial charge on any atom is 0.282 e. The Hall–Kier alpha value is -0.730. The molecule has 70 valence electrons. The van der Waals surface area contributed by atoms with Crippen LogP contribution in [0.4, 0.5) is 0 Å². The summed E-state index contributed by atoms with van der Waals surface area (Å²) in [4.78, 5) is 4.39. The molecule has 0 amide bonds. The van der Waals surface area contributed by atoms with Gasteiger partial charge in [0.1, 0.15) is 12.1 Å². The van der Waals surface area contributed by atoms with Crippen molar-refractivity contribution in [2.24, 2.45) is 22.6 Å². The van der Waals surface area contributed by atoms with E-state index in [1.165, 1.54) is 0 Å². The van der Waals surface area contributed by atoms with Gasteiger partial charge in [-0.25, -0.2) is 4.99 Å². The third-order valence-corrected chi connectivity index (χ3v) is 2.77. The molecule has 0 aromatic heterocycles. The summed E-state index contributed by atoms with van der Waals surface area (Å²) in [5, 5.41) is 0. The molecule has 0 spiro atoms. The first kappa shape index (κ1) is 9.36. The molecule has 0 saturated carbocycles. The molecule has 0 fully saturated rings. The standard InChI is InChI=1S/C9H18N2O/c1-6(2)9(7(3)4)5-12-8(10)11-9/h6-7H,5H2,1-4H3,(H2,10,11). The van der Waals surface area contributed by atoms with Gasteiger partial charge in [0, 0.05) is 0 Å². The Morgan fingerprint density at radius 1 is 1.33 bits per heavy atom. The van der Waals surface area contributed by atoms with E-state index in [-0.39, 0.29) is 5.54 Å². The summed E-state index contributed by atoms with van der Waals surface area (Å²) in [5.41, 5.74) is 5.42. The van der Waals surface area contributed by atoms with Crippen LogP contribution in [0.5, 0.6) is 0 Å². The van der Waals surface area contributed by atoms with E-state index in [4.69, 9.17) is 10.5 Å². The third kappa shape index (κ3) is 1.28. The summed E-state index contributed by atoms with van der Waals surface area (Å²) in [6, 6.07) is 0.345. The van der Waals surface area contributed by atoms with Crippen molar-refractivity contribution in [2.75, 3.05) is 6.61 Å². The van der Waals surface area contributed by atoms with Gasteiger partial charge >= 0.3 is 0 Å². The first-order chi connectivity index (χ1) is 5.49. The van der Waals surface area contributed by atoms with E-state index in [1.54, 1.807) is 0 Å². The largest absolute Gasteiger partial charge is 0.463 e. The van der Waals surface area contributed by atoms with Crippen LogP contribution in [0, 0.1) is 11.8 Å². The van der Waals surface area contributed by atoms with Gasteiger partial charge in [0.05, 0.1) is 0 Å². The second-order valence-electron chi connectivity index (χ2n) is 4.04. The van der Waals surface area contributed by atoms with E-state index in [0.717, 1.165) is 0 Å². The normalized spacial score (nSPS) is 21.3. The quantitative estimate of drug-likeness (QED) is 0.680. The van der Waals surface area contributed by atoms with E-state index >= 15 is 0 Å². The Morgan fingerprint density at radius 3 is 2.00 bits per heavy atom. The molecule has 1 rings (SSSR count). The molecule has 12 heavy (non-hydrogen) atoms. The van der Waals surface area contributed by atoms with Crippen LogP contribution in [0.25, 0.3) is 0 Å². The van der Waals surface area contributed by atoms with Gasteiger partial charge in [0.25, 0.3) is 6.02 Å². The molecule has 1 aliphatic rings. The van der Waals surface area contributed by atoms with Crippen molar-refractivity contribution < 1.29 is 4.74 Å². The van der Waals surface area contributed by atoms with Gasteiger partial charge in [-0.2, -0.15) is 0 Å². The molecule has 1 aliphatic heterocycles. The van der Waals surface area contributed by atoms with E-state index in [2.05, 4.69) is 32.7 Å². The van der Waals surface area contributed by atoms with Gasteiger partial charge in [0.15, 0.2) is 0 Å². The van der Waals surface area contributed by atoms with Gasteiger partial charge in [0.2, 0.25) is 0 Å². The zero-order valence-corrected chi connectivity index (χ0v) is 8.29. The average molecular weight is 170 g/mol. The highest BCUT2D eigenvalue weighted by Crippen LogP contribution is 2.33. The van der Waals surface area contributed by atoms with Crippen molar-refractivity contribution in [3.63, 3.8) is 0 Å². The maximum atomic E-state index is 5.51. The van der Waals surface area contributed by atoms with Crippen molar-refractivity contribution >= 4 is 6.02 Å². The lowest BCUT2D eigenvalue weighted by atomic mass is 9.78. The van der Waals surface area contributed by atoms with Crippen LogP contribution in [0.1, 0.15) is 27.7 Å². The molecule has 0 atom stereocenters. The Balaban J connectivity index is 2.90. The van der Waals surface area contributed by atoms with Crippen LogP contribution in [-0.2, 0) is 4.74 Å². The summed E-state index contributed by atoms with van der Waals surface area (Å²) in [5.74, 6) is 0.942. The topological polar surface area (TPSA) is 47.6 Å². The fourth-order valence-corrected chi connectivity index (χ4v) is 1.72. The van der Waals surface area contributed by atoms with Gasteiger partial charge in [-0.15, -0.1) is 0 Å². The van der Waals surface area contributed by atoms with Gasteiger partial charge in [-0.1, -0.05) is 27.7 Å². The minimum absolute atomic E-state index is 0.0932. The lowest BCUT2D eigenvalue weighted by Crippen LogP contribution is -2.40. The monoisotopic (exact) mass is 170 g/mol. The van der Waals surface area contributed by atoms with E-state index in [1.807, 2.05) is 0 Å². The number of ether oxygens (including phenoxy) is 1. The predicted octanol–water partition coefficient (Wildman–Crippen LogP) is 1.38. The fraction of sp³-hybridized carbons (Fsp3) is 0.889. The zero-order valence-electron chi connectivity index (χ0n) is 8.29. The van der Waals surface area contributed by atoms with Crippen LogP contribution < -0.4 is 5.73 Å². The van der Waals surface area contributed by atoms with Crippen molar-refractivity contribution in [1.82, 2.24) is 0 Å². The van der Waals surface area contributed by atoms with Crippen LogP contribution in [0.2, 0.25) is 0 Å². The maximum absolute atomic E-state index is 5.51. The molecule has 1 heterocycles. The fourth-order valence-electron chi connectivity index (χ4n) is 1.72. The Morgan fingerprint density at radius 2 is 1.83 bits per heavy atom. The van der Waals surface area contributed by atoms with E-state index in [0.29, 0.717) is 24.5 Å². The number of nitrogens with two attached hydrogens (primary N) is 1. The predicted molar refractivity (Wildman–Crippen MR) is 50.0 cm³/mol. The molecule has 2 N–H and O–H groups in total. The van der Waals surface area contributed by atoms with Crippen molar-refractivity contribution in [1.29, 1.82) is 0 Å². The molecular weight excluding hydrogens is 152 g/mol. The zero-order chi connectivity index (χ0) is 9.35. The van der Waals surface area contributed by atoms with Gasteiger partial charge in [-0.3, -0.25) is 0 Å². The molecule has 0 radical (unpaired) electrons. The van der Waals surface area contributed by atoms with E-state index < -0.39 is 0 Å². The average Bonchev–Trinajstić information content (AvgIpc) is 2.32. The number of amidine groups is 1. The Labute approximate surface area is 74.0 Å². The summed E-state index contributed by atoms with van der Waals surface area (Å²) < 4.78 is 5.22. The minimum Gasteiger partial charge on any atom is -0.463 e. The van der Waals surface area contributed by atoms with Crippen LogP contribution in [0.15, 0.2) is 4.99 Å². The molecule has 0 bridgehead atoms. The number of rotatable bonds is 2. The van der Waals surface area contributed by atoms with Crippen LogP contribution in [-0.4, -0.2) is 18.2 Å². The number of aliphatic imine (C=N–C) groups is 1. The molecule has 0 aromatic rings. The molecule has 3 heteroatoms. The highest BCUT2D eigenvalue weighted by Gasteiger charge is 2.41. The summed E-state index contributed by atoms with van der Waals surface area (Å²) in [6.07, 6.45) is 0. The van der Waals surface area contributed by atoms with Crippen molar-refractivity contribution in [3.8, 4) is 0 Å². The van der Waals surface area contributed by atoms with Crippen molar-refractivity contribution in [2.45, 2.75) is 33.2 Å². The van der Waals surface area contributed by atoms with Crippen LogP contribution in [0.3, 0.4) is 0 Å². The molecule has 0 aromatic carbocycles. The Bertz CT molecular complexity index is 189. The SMILES string of the molecule is CC(C)C1(C(C)C)COC(N)=N1. The van der Waals surface area contributed by atoms with Gasteiger partial charge in [-0.05, 0) is 11.8 Å². The minimum atomic E-state index is -0.0932. The molecule has 0 aliphatic carbocycles. The number of nitrogens with zero attached hydrogens (tertiary/aromatic N) is 1.